The number of anilines is 1. The average molecular weight is 416 g/mol. The Hall–Kier alpha value is -2.27. The monoisotopic (exact) mass is 416 g/mol. The van der Waals surface area contributed by atoms with Crippen molar-refractivity contribution in [3.63, 3.8) is 0 Å². The van der Waals surface area contributed by atoms with E-state index in [-0.39, 0.29) is 11.4 Å². The minimum Gasteiger partial charge on any atom is -0.326 e. The summed E-state index contributed by atoms with van der Waals surface area (Å²) in [6.07, 6.45) is 1.34. The van der Waals surface area contributed by atoms with Crippen LogP contribution in [0.4, 0.5) is 18.9 Å². The molecule has 2 saturated heterocycles. The maximum atomic E-state index is 13.4. The van der Waals surface area contributed by atoms with E-state index in [9.17, 15) is 26.4 Å². The second-order valence-electron chi connectivity index (χ2n) is 7.05. The molecule has 7 nitrogen and oxygen atoms in total. The van der Waals surface area contributed by atoms with Gasteiger partial charge in [-0.15, -0.1) is 0 Å². The highest BCUT2D eigenvalue weighted by Crippen LogP contribution is 2.34. The molecule has 3 heterocycles. The molecule has 2 N–H and O–H groups in total. The van der Waals surface area contributed by atoms with Crippen LogP contribution < -0.4 is 10.7 Å². The molecule has 0 saturated carbocycles. The molecule has 1 aromatic rings. The van der Waals surface area contributed by atoms with Gasteiger partial charge in [0.05, 0.1) is 23.7 Å². The van der Waals surface area contributed by atoms with E-state index in [2.05, 4.69) is 10.7 Å². The number of rotatable bonds is 3. The molecular formula is C17H19F3N4O3S. The largest absolute Gasteiger partial charge is 0.326 e. The first-order valence-corrected chi connectivity index (χ1v) is 10.6. The number of piperidine rings is 1. The molecule has 1 atom stereocenters. The van der Waals surface area contributed by atoms with Crippen LogP contribution in [0.15, 0.2) is 23.5 Å². The quantitative estimate of drug-likeness (QED) is 0.731. The Morgan fingerprint density at radius 1 is 1.14 bits per heavy atom. The second-order valence-corrected chi connectivity index (χ2v) is 9.07. The topological polar surface area (TPSA) is 81.8 Å². The summed E-state index contributed by atoms with van der Waals surface area (Å²) in [5.74, 6) is -5.19. The molecule has 0 aromatic heterocycles. The molecule has 11 heteroatoms. The number of carbonyl (C=O) groups excluding carboxylic acids is 1. The van der Waals surface area contributed by atoms with Gasteiger partial charge in [0.2, 0.25) is 15.9 Å². The summed E-state index contributed by atoms with van der Waals surface area (Å²) in [5.41, 5.74) is 4.36. The van der Waals surface area contributed by atoms with Crippen LogP contribution >= 0.6 is 0 Å². The van der Waals surface area contributed by atoms with Crippen LogP contribution in [-0.4, -0.2) is 49.0 Å². The molecule has 0 bridgehead atoms. The van der Waals surface area contributed by atoms with Crippen molar-refractivity contribution < 1.29 is 26.4 Å². The Morgan fingerprint density at radius 3 is 2.50 bits per heavy atom. The van der Waals surface area contributed by atoms with E-state index >= 15 is 0 Å². The van der Waals surface area contributed by atoms with Gasteiger partial charge in [0.1, 0.15) is 0 Å². The Morgan fingerprint density at radius 2 is 1.86 bits per heavy atom. The third kappa shape index (κ3) is 3.32. The Bertz CT molecular complexity index is 943. The number of hydrazine groups is 1. The van der Waals surface area contributed by atoms with E-state index in [1.54, 1.807) is 0 Å². The van der Waals surface area contributed by atoms with Crippen molar-refractivity contribution in [2.45, 2.75) is 19.3 Å². The van der Waals surface area contributed by atoms with Gasteiger partial charge in [0.25, 0.3) is 0 Å². The normalized spacial score (nSPS) is 23.9. The van der Waals surface area contributed by atoms with Gasteiger partial charge in [-0.1, -0.05) is 0 Å². The van der Waals surface area contributed by atoms with Crippen LogP contribution in [0.2, 0.25) is 0 Å². The van der Waals surface area contributed by atoms with Gasteiger partial charge in [-0.2, -0.15) is 0 Å². The fraction of sp³-hybridized carbons (Fsp3) is 0.471. The minimum atomic E-state index is -3.33. The van der Waals surface area contributed by atoms with Crippen molar-refractivity contribution in [1.82, 2.24) is 14.7 Å². The number of nitrogens with zero attached hydrogens (tertiary/aromatic N) is 2. The lowest BCUT2D eigenvalue weighted by Crippen LogP contribution is -2.40. The Balaban J connectivity index is 1.53. The second kappa shape index (κ2) is 6.96. The molecule has 28 heavy (non-hydrogen) atoms. The van der Waals surface area contributed by atoms with E-state index in [0.29, 0.717) is 44.6 Å². The van der Waals surface area contributed by atoms with Gasteiger partial charge >= 0.3 is 0 Å². The first kappa shape index (κ1) is 19.1. The summed E-state index contributed by atoms with van der Waals surface area (Å²) in [7, 11) is -3.33. The van der Waals surface area contributed by atoms with Crippen LogP contribution in [-0.2, 0) is 14.8 Å². The number of fused-ring (bicyclic) bond motifs is 1. The number of sulfonamides is 1. The maximum Gasteiger partial charge on any atom is 0.235 e. The first-order chi connectivity index (χ1) is 13.3. The Labute approximate surface area is 160 Å². The molecule has 0 radical (unpaired) electrons. The molecule has 1 amide bonds. The molecule has 3 aliphatic heterocycles. The average Bonchev–Trinajstić information content (AvgIpc) is 3.20. The van der Waals surface area contributed by atoms with Crippen LogP contribution in [0.5, 0.6) is 0 Å². The summed E-state index contributed by atoms with van der Waals surface area (Å²) in [6, 6.07) is 1.45. The number of amides is 1. The number of allylic oxidation sites excluding steroid dienone is 1. The van der Waals surface area contributed by atoms with Gasteiger partial charge in [-0.25, -0.2) is 27.0 Å². The highest BCUT2D eigenvalue weighted by Gasteiger charge is 2.39. The molecule has 0 aliphatic carbocycles. The van der Waals surface area contributed by atoms with Crippen LogP contribution in [0.3, 0.4) is 0 Å². The lowest BCUT2D eigenvalue weighted by molar-refractivity contribution is -0.120. The van der Waals surface area contributed by atoms with Crippen molar-refractivity contribution in [3.8, 4) is 0 Å². The van der Waals surface area contributed by atoms with Crippen molar-refractivity contribution >= 4 is 21.6 Å². The zero-order valence-corrected chi connectivity index (χ0v) is 15.7. The number of hydrogen-bond acceptors (Lipinski definition) is 5. The van der Waals surface area contributed by atoms with E-state index in [0.717, 1.165) is 17.8 Å². The molecule has 3 aliphatic rings. The summed E-state index contributed by atoms with van der Waals surface area (Å²) in [4.78, 5) is 12.6. The molecule has 1 aromatic carbocycles. The number of carbonyl (C=O) groups is 1. The van der Waals surface area contributed by atoms with Crippen molar-refractivity contribution in [3.05, 3.63) is 41.0 Å². The molecule has 1 unspecified atom stereocenters. The highest BCUT2D eigenvalue weighted by atomic mass is 32.2. The highest BCUT2D eigenvalue weighted by molar-refractivity contribution is 7.89. The molecule has 4 rings (SSSR count). The van der Waals surface area contributed by atoms with Gasteiger partial charge < -0.3 is 10.3 Å². The summed E-state index contributed by atoms with van der Waals surface area (Å²) < 4.78 is 65.7. The predicted octanol–water partition coefficient (Wildman–Crippen LogP) is 1.52. The molecule has 0 spiro atoms. The summed E-state index contributed by atoms with van der Waals surface area (Å²) in [5, 5.41) is 4.27. The van der Waals surface area contributed by atoms with Crippen LogP contribution in [0.25, 0.3) is 0 Å². The third-order valence-electron chi connectivity index (χ3n) is 5.26. The minimum absolute atomic E-state index is 0.107. The zero-order valence-electron chi connectivity index (χ0n) is 14.8. The summed E-state index contributed by atoms with van der Waals surface area (Å²) >= 11 is 0. The SMILES string of the molecule is O=C(Nc1cc(F)c(F)c(F)c1)C1CCN2NCC(N3CCCS3(=O)=O)=C2C1. The van der Waals surface area contributed by atoms with E-state index in [1.807, 2.05) is 5.01 Å². The van der Waals surface area contributed by atoms with Gasteiger partial charge in [-0.3, -0.25) is 9.10 Å². The third-order valence-corrected chi connectivity index (χ3v) is 7.14. The smallest absolute Gasteiger partial charge is 0.235 e. The van der Waals surface area contributed by atoms with Gasteiger partial charge in [-0.05, 0) is 12.8 Å². The maximum absolute atomic E-state index is 13.4. The van der Waals surface area contributed by atoms with E-state index < -0.39 is 39.3 Å². The van der Waals surface area contributed by atoms with Crippen molar-refractivity contribution in [2.75, 3.05) is 30.7 Å². The fourth-order valence-electron chi connectivity index (χ4n) is 3.86. The molecule has 152 valence electrons. The molecular weight excluding hydrogens is 397 g/mol. The zero-order chi connectivity index (χ0) is 20.1. The van der Waals surface area contributed by atoms with E-state index in [1.165, 1.54) is 4.31 Å². The van der Waals surface area contributed by atoms with Crippen LogP contribution in [0, 0.1) is 23.4 Å². The predicted molar refractivity (Wildman–Crippen MR) is 94.5 cm³/mol. The van der Waals surface area contributed by atoms with Crippen molar-refractivity contribution in [1.29, 1.82) is 0 Å². The lowest BCUT2D eigenvalue weighted by atomic mass is 9.93. The number of halogens is 3. The summed E-state index contributed by atoms with van der Waals surface area (Å²) in [6.45, 7) is 1.29. The number of hydrogen-bond donors (Lipinski definition) is 2. The lowest BCUT2D eigenvalue weighted by Gasteiger charge is -2.32. The van der Waals surface area contributed by atoms with Crippen LogP contribution in [0.1, 0.15) is 19.3 Å². The first-order valence-electron chi connectivity index (χ1n) is 8.95. The molecule has 2 fully saturated rings. The fourth-order valence-corrected chi connectivity index (χ4v) is 5.48. The van der Waals surface area contributed by atoms with Gasteiger partial charge in [0, 0.05) is 43.2 Å². The standard InChI is InChI=1S/C17H19F3N4O3S/c18-12-7-11(8-13(19)16(12)20)22-17(25)10-2-4-23-14(6-10)15(9-21-23)24-3-1-5-28(24,26)27/h7-8,10,21H,1-6,9H2,(H,22,25). The van der Waals surface area contributed by atoms with Crippen molar-refractivity contribution in [2.24, 2.45) is 5.92 Å². The van der Waals surface area contributed by atoms with E-state index in [4.69, 9.17) is 0 Å². The Kier molecular flexibility index (Phi) is 4.74. The van der Waals surface area contributed by atoms with Gasteiger partial charge in [0.15, 0.2) is 17.5 Å². The number of nitrogens with one attached hydrogen (secondary N) is 2. The number of benzene rings is 1.